The fourth-order valence-electron chi connectivity index (χ4n) is 5.77. The largest absolute Gasteiger partial charge is 0.388 e. The lowest BCUT2D eigenvalue weighted by Crippen LogP contribution is -2.26. The predicted molar refractivity (Wildman–Crippen MR) is 199 cm³/mol. The minimum atomic E-state index is -0.394. The molecule has 256 valence electrons. The molecule has 1 amide bonds. The number of nitriles is 1. The average Bonchev–Trinajstić information content (AvgIpc) is 3.10. The zero-order valence-electron chi connectivity index (χ0n) is 28.4. The third-order valence-electron chi connectivity index (χ3n) is 8.27. The molecule has 9 nitrogen and oxygen atoms in total. The number of nitrogens with zero attached hydrogens (tertiary/aromatic N) is 2. The van der Waals surface area contributed by atoms with E-state index >= 15 is 0 Å². The molecule has 3 aromatic rings. The molecule has 3 aromatic carbocycles. The van der Waals surface area contributed by atoms with Gasteiger partial charge in [-0.05, 0) is 71.8 Å². The molecule has 0 fully saturated rings. The van der Waals surface area contributed by atoms with E-state index in [0.717, 1.165) is 65.0 Å². The fourth-order valence-corrected chi connectivity index (χ4v) is 5.94. The van der Waals surface area contributed by atoms with Crippen LogP contribution in [0.4, 0.5) is 17.1 Å². The number of rotatable bonds is 12. The number of halogens is 1. The molecule has 1 aliphatic heterocycles. The molecule has 0 saturated carbocycles. The normalized spacial score (nSPS) is 16.3. The van der Waals surface area contributed by atoms with E-state index in [2.05, 4.69) is 33.7 Å². The molecule has 2 bridgehead atoms. The van der Waals surface area contributed by atoms with Crippen molar-refractivity contribution in [1.29, 1.82) is 5.26 Å². The first kappa shape index (κ1) is 37.0. The molecule has 4 rings (SSSR count). The number of nitrogens with one attached hydrogen (secondary N) is 2. The summed E-state index contributed by atoms with van der Waals surface area (Å²) >= 11 is 6.50. The highest BCUT2D eigenvalue weighted by atomic mass is 35.5. The molecule has 49 heavy (non-hydrogen) atoms. The number of fused-ring (bicyclic) bond motifs is 4. The second-order valence-electron chi connectivity index (χ2n) is 11.7. The summed E-state index contributed by atoms with van der Waals surface area (Å²) in [6, 6.07) is 21.6. The molecule has 10 heteroatoms. The van der Waals surface area contributed by atoms with Crippen LogP contribution in [0.3, 0.4) is 0 Å². The average molecular weight is 682 g/mol. The van der Waals surface area contributed by atoms with E-state index in [-0.39, 0.29) is 11.8 Å². The molecular formula is C39H44ClN5O4. The summed E-state index contributed by atoms with van der Waals surface area (Å²) in [5.41, 5.74) is 14.3. The molecule has 0 saturated heterocycles. The van der Waals surface area contributed by atoms with Gasteiger partial charge in [-0.25, -0.2) is 0 Å². The Balaban J connectivity index is 1.73. The summed E-state index contributed by atoms with van der Waals surface area (Å²) in [7, 11) is 5.06. The summed E-state index contributed by atoms with van der Waals surface area (Å²) in [5.74, 6) is -0.0514. The highest BCUT2D eigenvalue weighted by Crippen LogP contribution is 2.36. The van der Waals surface area contributed by atoms with Gasteiger partial charge in [0.2, 0.25) is 5.91 Å². The minimum Gasteiger partial charge on any atom is -0.388 e. The number of allylic oxidation sites excluding steroid dienone is 5. The lowest BCUT2D eigenvalue weighted by atomic mass is 9.84. The van der Waals surface area contributed by atoms with Crippen molar-refractivity contribution in [1.82, 2.24) is 0 Å². The highest BCUT2D eigenvalue weighted by Gasteiger charge is 2.21. The van der Waals surface area contributed by atoms with Crippen LogP contribution < -0.4 is 21.3 Å². The van der Waals surface area contributed by atoms with E-state index in [4.69, 9.17) is 27.3 Å². The van der Waals surface area contributed by atoms with Gasteiger partial charge in [0.25, 0.3) is 0 Å². The van der Waals surface area contributed by atoms with Crippen molar-refractivity contribution in [3.8, 4) is 17.2 Å². The quantitative estimate of drug-likeness (QED) is 0.0433. The summed E-state index contributed by atoms with van der Waals surface area (Å²) in [4.78, 5) is 24.7. The predicted octanol–water partition coefficient (Wildman–Crippen LogP) is 8.89. The van der Waals surface area contributed by atoms with Crippen LogP contribution in [0.25, 0.3) is 16.7 Å². The number of anilines is 3. The van der Waals surface area contributed by atoms with Crippen molar-refractivity contribution < 1.29 is 19.6 Å². The first-order valence-corrected chi connectivity index (χ1v) is 16.7. The van der Waals surface area contributed by atoms with Crippen LogP contribution in [0.1, 0.15) is 56.1 Å². The van der Waals surface area contributed by atoms with Gasteiger partial charge in [-0.15, -0.1) is 0 Å². The van der Waals surface area contributed by atoms with Gasteiger partial charge in [-0.3, -0.25) is 4.79 Å². The van der Waals surface area contributed by atoms with Gasteiger partial charge in [-0.1, -0.05) is 73.5 Å². The van der Waals surface area contributed by atoms with Crippen LogP contribution >= 0.6 is 11.6 Å². The molecule has 2 atom stereocenters. The van der Waals surface area contributed by atoms with E-state index in [1.165, 1.54) is 13.4 Å². The maximum atomic E-state index is 12.9. The summed E-state index contributed by atoms with van der Waals surface area (Å²) in [6.07, 6.45) is 14.3. The smallest absolute Gasteiger partial charge is 0.224 e. The van der Waals surface area contributed by atoms with Gasteiger partial charge in [0.1, 0.15) is 12.3 Å². The van der Waals surface area contributed by atoms with Crippen molar-refractivity contribution in [3.63, 3.8) is 0 Å². The monoisotopic (exact) mass is 681 g/mol. The molecule has 2 unspecified atom stereocenters. The van der Waals surface area contributed by atoms with E-state index in [1.54, 1.807) is 18.3 Å². The van der Waals surface area contributed by atoms with Gasteiger partial charge in [-0.2, -0.15) is 10.1 Å². The van der Waals surface area contributed by atoms with Crippen molar-refractivity contribution in [3.05, 3.63) is 119 Å². The lowest BCUT2D eigenvalue weighted by Gasteiger charge is -2.24. The Hall–Kier alpha value is -4.85. The summed E-state index contributed by atoms with van der Waals surface area (Å²) < 4.78 is 0. The second kappa shape index (κ2) is 18.6. The maximum absolute atomic E-state index is 12.9. The van der Waals surface area contributed by atoms with Crippen LogP contribution in [-0.2, 0) is 19.6 Å². The zero-order valence-corrected chi connectivity index (χ0v) is 29.2. The van der Waals surface area contributed by atoms with Crippen LogP contribution in [0.15, 0.2) is 103 Å². The number of nitrogens with two attached hydrogens (primary N) is 1. The number of carbonyl (C=O) groups is 1. The van der Waals surface area contributed by atoms with Gasteiger partial charge in [0.05, 0.1) is 18.4 Å². The van der Waals surface area contributed by atoms with Crippen molar-refractivity contribution >= 4 is 40.1 Å². The Labute approximate surface area is 294 Å². The maximum Gasteiger partial charge on any atom is 0.224 e. The topological polar surface area (TPSA) is 122 Å². The Kier molecular flexibility index (Phi) is 14.1. The van der Waals surface area contributed by atoms with E-state index in [9.17, 15) is 10.1 Å². The van der Waals surface area contributed by atoms with Crippen LogP contribution in [-0.4, -0.2) is 33.2 Å². The van der Waals surface area contributed by atoms with E-state index < -0.39 is 6.04 Å². The molecule has 4 N–H and O–H groups in total. The van der Waals surface area contributed by atoms with E-state index in [1.807, 2.05) is 86.6 Å². The van der Waals surface area contributed by atoms with Gasteiger partial charge in [0.15, 0.2) is 0 Å². The van der Waals surface area contributed by atoms with Crippen molar-refractivity contribution in [2.45, 2.75) is 51.0 Å². The number of hydrogen-bond acceptors (Lipinski definition) is 8. The van der Waals surface area contributed by atoms with Crippen molar-refractivity contribution in [2.24, 2.45) is 5.73 Å². The van der Waals surface area contributed by atoms with E-state index in [0.29, 0.717) is 22.6 Å². The first-order valence-electron chi connectivity index (χ1n) is 16.3. The molecule has 0 spiro atoms. The number of hydrogen-bond donors (Lipinski definition) is 3. The van der Waals surface area contributed by atoms with Crippen LogP contribution in [0, 0.1) is 11.3 Å². The second-order valence-corrected chi connectivity index (χ2v) is 12.1. The number of benzene rings is 3. The van der Waals surface area contributed by atoms with Gasteiger partial charge >= 0.3 is 0 Å². The Morgan fingerprint density at radius 1 is 1.18 bits per heavy atom. The molecule has 0 aliphatic carbocycles. The highest BCUT2D eigenvalue weighted by molar-refractivity contribution is 6.31. The number of carbonyl (C=O) groups excluding carboxylic acids is 1. The Morgan fingerprint density at radius 2 is 2.02 bits per heavy atom. The first-order chi connectivity index (χ1) is 23.8. The minimum absolute atomic E-state index is 0.0135. The molecular weight excluding hydrogens is 638 g/mol. The van der Waals surface area contributed by atoms with Gasteiger partial charge < -0.3 is 26.2 Å². The summed E-state index contributed by atoms with van der Waals surface area (Å²) in [6.45, 7) is 2.01. The molecule has 1 heterocycles. The Morgan fingerprint density at radius 3 is 2.78 bits per heavy atom. The third kappa shape index (κ3) is 10.3. The standard InChI is InChI=1S/C39H44ClN5O4/c1-5-6-10-27(24-41)25-45(3)38-20-16-31(40)22-35(38)30(26-48-49-47-4)15-19-36(42)33-13-7-8-14-39(46)44-37-23-32(43-2)17-18-34(37)29-12-9-11-28(33)21-29/h6,9-12,15-23,25-26,33,36,43H,5,7-8,13-14,42H2,1-4H3,(H,44,46)/b10-6+,19-15-,27-25+,30-26?. The number of amides is 1. The van der Waals surface area contributed by atoms with Crippen molar-refractivity contribution in [2.75, 3.05) is 36.7 Å². The van der Waals surface area contributed by atoms with Crippen LogP contribution in [0.5, 0.6) is 0 Å². The summed E-state index contributed by atoms with van der Waals surface area (Å²) in [5, 5.41) is 21.2. The molecule has 0 radical (unpaired) electrons. The Bertz CT molecular complexity index is 1760. The zero-order chi connectivity index (χ0) is 35.2. The molecule has 1 aliphatic rings. The fraction of sp³-hybridized carbons (Fsp3) is 0.282. The van der Waals surface area contributed by atoms with Gasteiger partial charge in [0, 0.05) is 71.8 Å². The third-order valence-corrected chi connectivity index (χ3v) is 8.50. The van der Waals surface area contributed by atoms with Crippen LogP contribution in [0.2, 0.25) is 5.02 Å². The molecule has 0 aromatic heterocycles. The SMILES string of the molecule is CC/C=C/C(C#N)=C\N(C)c1ccc(Cl)cc1C(=COOOC)/C=C\C(N)C1CCCCC(=O)Nc2cc(NC)ccc2-c2cccc1c2. The lowest BCUT2D eigenvalue weighted by molar-refractivity contribution is -0.478.